The lowest BCUT2D eigenvalue weighted by atomic mass is 10.3. The van der Waals surface area contributed by atoms with Crippen LogP contribution in [-0.4, -0.2) is 35.7 Å². The Hall–Kier alpha value is -0.710. The molecule has 0 unspecified atom stereocenters. The highest BCUT2D eigenvalue weighted by Gasteiger charge is 2.20. The number of β-amino-alcohol motifs (C(OH)–C–C–N with tert-alkyl or cyclic N) is 1. The van der Waals surface area contributed by atoms with E-state index in [1.807, 2.05) is 24.3 Å². The van der Waals surface area contributed by atoms with Gasteiger partial charge in [0, 0.05) is 18.0 Å². The SMILES string of the molecule is COc1ccc(SN2CC[C@H](O)C2)cc1. The van der Waals surface area contributed by atoms with Crippen molar-refractivity contribution in [3.63, 3.8) is 0 Å². The zero-order valence-electron chi connectivity index (χ0n) is 8.72. The zero-order chi connectivity index (χ0) is 10.7. The fourth-order valence-corrected chi connectivity index (χ4v) is 2.58. The van der Waals surface area contributed by atoms with Crippen molar-refractivity contribution < 1.29 is 9.84 Å². The molecular weight excluding hydrogens is 210 g/mol. The van der Waals surface area contributed by atoms with Crippen molar-refractivity contribution in [1.29, 1.82) is 0 Å². The first-order valence-electron chi connectivity index (χ1n) is 5.03. The predicted octanol–water partition coefficient (Wildman–Crippen LogP) is 1.77. The number of benzene rings is 1. The molecule has 1 fully saturated rings. The Balaban J connectivity index is 1.93. The van der Waals surface area contributed by atoms with Crippen LogP contribution >= 0.6 is 11.9 Å². The summed E-state index contributed by atoms with van der Waals surface area (Å²) in [6, 6.07) is 7.98. The van der Waals surface area contributed by atoms with Crippen molar-refractivity contribution >= 4 is 11.9 Å². The average Bonchev–Trinajstić information content (AvgIpc) is 2.65. The normalized spacial score (nSPS) is 21.9. The topological polar surface area (TPSA) is 32.7 Å². The molecule has 3 nitrogen and oxygen atoms in total. The molecule has 0 bridgehead atoms. The van der Waals surface area contributed by atoms with Crippen molar-refractivity contribution in [2.45, 2.75) is 17.4 Å². The summed E-state index contributed by atoms with van der Waals surface area (Å²) in [6.07, 6.45) is 0.721. The van der Waals surface area contributed by atoms with Crippen LogP contribution in [0.1, 0.15) is 6.42 Å². The van der Waals surface area contributed by atoms with Gasteiger partial charge in [-0.15, -0.1) is 0 Å². The second kappa shape index (κ2) is 4.88. The molecular formula is C11H15NO2S. The van der Waals surface area contributed by atoms with Gasteiger partial charge in [-0.05, 0) is 42.6 Å². The monoisotopic (exact) mass is 225 g/mol. The highest BCUT2D eigenvalue weighted by atomic mass is 32.2. The van der Waals surface area contributed by atoms with Gasteiger partial charge in [-0.1, -0.05) is 0 Å². The molecule has 0 radical (unpaired) electrons. The highest BCUT2D eigenvalue weighted by molar-refractivity contribution is 7.97. The summed E-state index contributed by atoms with van der Waals surface area (Å²) >= 11 is 1.69. The number of rotatable bonds is 3. The summed E-state index contributed by atoms with van der Waals surface area (Å²) in [7, 11) is 1.67. The molecule has 1 heterocycles. The van der Waals surface area contributed by atoms with Gasteiger partial charge in [0.05, 0.1) is 13.2 Å². The smallest absolute Gasteiger partial charge is 0.118 e. The maximum Gasteiger partial charge on any atom is 0.118 e. The van der Waals surface area contributed by atoms with Crippen molar-refractivity contribution in [2.75, 3.05) is 20.2 Å². The van der Waals surface area contributed by atoms with E-state index in [0.717, 1.165) is 25.3 Å². The third-order valence-electron chi connectivity index (χ3n) is 2.42. The highest BCUT2D eigenvalue weighted by Crippen LogP contribution is 2.27. The van der Waals surface area contributed by atoms with Crippen LogP contribution in [0.5, 0.6) is 5.75 Å². The predicted molar refractivity (Wildman–Crippen MR) is 61.0 cm³/mol. The van der Waals surface area contributed by atoms with Crippen LogP contribution in [0.15, 0.2) is 29.2 Å². The van der Waals surface area contributed by atoms with Crippen molar-refractivity contribution in [3.8, 4) is 5.75 Å². The molecule has 82 valence electrons. The lowest BCUT2D eigenvalue weighted by molar-refractivity contribution is 0.190. The maximum absolute atomic E-state index is 9.38. The van der Waals surface area contributed by atoms with Gasteiger partial charge in [0.2, 0.25) is 0 Å². The van der Waals surface area contributed by atoms with Crippen LogP contribution in [0, 0.1) is 0 Å². The van der Waals surface area contributed by atoms with E-state index in [1.54, 1.807) is 19.1 Å². The molecule has 1 atom stereocenters. The van der Waals surface area contributed by atoms with E-state index >= 15 is 0 Å². The summed E-state index contributed by atoms with van der Waals surface area (Å²) in [6.45, 7) is 1.72. The van der Waals surface area contributed by atoms with E-state index < -0.39 is 0 Å². The van der Waals surface area contributed by atoms with Crippen LogP contribution in [0.25, 0.3) is 0 Å². The molecule has 15 heavy (non-hydrogen) atoms. The van der Waals surface area contributed by atoms with E-state index in [1.165, 1.54) is 4.90 Å². The number of ether oxygens (including phenoxy) is 1. The third kappa shape index (κ3) is 2.87. The zero-order valence-corrected chi connectivity index (χ0v) is 9.54. The number of aliphatic hydroxyl groups is 1. The molecule has 0 spiro atoms. The standard InChI is InChI=1S/C11H15NO2S/c1-14-10-2-4-11(5-3-10)15-12-7-6-9(13)8-12/h2-5,9,13H,6-8H2,1H3/t9-/m0/s1. The molecule has 2 rings (SSSR count). The molecule has 1 N–H and O–H groups in total. The molecule has 1 aromatic carbocycles. The Bertz CT molecular complexity index is 315. The second-order valence-corrected chi connectivity index (χ2v) is 4.77. The van der Waals surface area contributed by atoms with Crippen LogP contribution < -0.4 is 4.74 Å². The Morgan fingerprint density at radius 2 is 2.13 bits per heavy atom. The van der Waals surface area contributed by atoms with Crippen LogP contribution in [0.3, 0.4) is 0 Å². The molecule has 1 saturated heterocycles. The summed E-state index contributed by atoms with van der Waals surface area (Å²) in [5.74, 6) is 0.876. The fourth-order valence-electron chi connectivity index (χ4n) is 1.58. The lowest BCUT2D eigenvalue weighted by Crippen LogP contribution is -2.13. The van der Waals surface area contributed by atoms with Gasteiger partial charge in [-0.3, -0.25) is 0 Å². The first kappa shape index (κ1) is 10.8. The van der Waals surface area contributed by atoms with Crippen LogP contribution in [0.4, 0.5) is 0 Å². The average molecular weight is 225 g/mol. The maximum atomic E-state index is 9.38. The van der Waals surface area contributed by atoms with Gasteiger partial charge in [0.1, 0.15) is 5.75 Å². The van der Waals surface area contributed by atoms with E-state index in [0.29, 0.717) is 0 Å². The summed E-state index contributed by atoms with van der Waals surface area (Å²) in [5.41, 5.74) is 0. The van der Waals surface area contributed by atoms with Crippen molar-refractivity contribution in [2.24, 2.45) is 0 Å². The van der Waals surface area contributed by atoms with Crippen LogP contribution in [-0.2, 0) is 0 Å². The van der Waals surface area contributed by atoms with Gasteiger partial charge >= 0.3 is 0 Å². The second-order valence-electron chi connectivity index (χ2n) is 3.60. The summed E-state index contributed by atoms with van der Waals surface area (Å²) in [5, 5.41) is 9.38. The van der Waals surface area contributed by atoms with E-state index in [9.17, 15) is 5.11 Å². The van der Waals surface area contributed by atoms with E-state index in [2.05, 4.69) is 4.31 Å². The molecule has 0 aliphatic carbocycles. The molecule has 0 amide bonds. The van der Waals surface area contributed by atoms with Crippen molar-refractivity contribution in [3.05, 3.63) is 24.3 Å². The Morgan fingerprint density at radius 3 is 2.67 bits per heavy atom. The third-order valence-corrected chi connectivity index (χ3v) is 3.49. The van der Waals surface area contributed by atoms with Gasteiger partial charge in [-0.25, -0.2) is 4.31 Å². The molecule has 1 aliphatic rings. The van der Waals surface area contributed by atoms with Gasteiger partial charge in [0.15, 0.2) is 0 Å². The molecule has 4 heteroatoms. The summed E-state index contributed by atoms with van der Waals surface area (Å²) in [4.78, 5) is 1.19. The number of aliphatic hydroxyl groups excluding tert-OH is 1. The molecule has 1 aliphatic heterocycles. The Morgan fingerprint density at radius 1 is 1.40 bits per heavy atom. The Kier molecular flexibility index (Phi) is 3.51. The van der Waals surface area contributed by atoms with Crippen molar-refractivity contribution in [1.82, 2.24) is 4.31 Å². The van der Waals surface area contributed by atoms with Gasteiger partial charge in [0.25, 0.3) is 0 Å². The number of nitrogens with zero attached hydrogens (tertiary/aromatic N) is 1. The molecule has 0 saturated carbocycles. The first-order valence-corrected chi connectivity index (χ1v) is 5.80. The van der Waals surface area contributed by atoms with E-state index in [4.69, 9.17) is 4.74 Å². The largest absolute Gasteiger partial charge is 0.497 e. The summed E-state index contributed by atoms with van der Waals surface area (Å²) < 4.78 is 7.28. The van der Waals surface area contributed by atoms with E-state index in [-0.39, 0.29) is 6.10 Å². The quantitative estimate of drug-likeness (QED) is 0.795. The minimum absolute atomic E-state index is 0.157. The first-order chi connectivity index (χ1) is 7.28. The minimum Gasteiger partial charge on any atom is -0.497 e. The van der Waals surface area contributed by atoms with Gasteiger partial charge in [-0.2, -0.15) is 0 Å². The molecule has 1 aromatic rings. The Labute approximate surface area is 94.2 Å². The number of hydrogen-bond acceptors (Lipinski definition) is 4. The lowest BCUT2D eigenvalue weighted by Gasteiger charge is -2.13. The number of hydrogen-bond donors (Lipinski definition) is 1. The van der Waals surface area contributed by atoms with Gasteiger partial charge < -0.3 is 9.84 Å². The fraction of sp³-hybridized carbons (Fsp3) is 0.455. The minimum atomic E-state index is -0.157. The van der Waals surface area contributed by atoms with Crippen LogP contribution in [0.2, 0.25) is 0 Å². The number of methoxy groups -OCH3 is 1. The molecule has 0 aromatic heterocycles.